The van der Waals surface area contributed by atoms with Crippen LogP contribution in [0.1, 0.15) is 84.3 Å². The second kappa shape index (κ2) is 26.0. The van der Waals surface area contributed by atoms with Crippen molar-refractivity contribution in [3.63, 3.8) is 0 Å². The Bertz CT molecular complexity index is 2310. The number of piperidine rings is 1. The summed E-state index contributed by atoms with van der Waals surface area (Å²) in [6.07, 6.45) is -1.96. The molecule has 6 rings (SSSR count). The quantitative estimate of drug-likeness (QED) is 0.0447. The van der Waals surface area contributed by atoms with Gasteiger partial charge in [-0.3, -0.25) is 9.69 Å². The first kappa shape index (κ1) is 53.7. The van der Waals surface area contributed by atoms with Crippen molar-refractivity contribution in [2.45, 2.75) is 89.3 Å². The molecule has 2 aliphatic rings. The van der Waals surface area contributed by atoms with Crippen molar-refractivity contribution in [1.29, 1.82) is 0 Å². The Kier molecular flexibility index (Phi) is 20.0. The Morgan fingerprint density at radius 1 is 0.829 bits per heavy atom. The van der Waals surface area contributed by atoms with Gasteiger partial charge in [0.2, 0.25) is 0 Å². The summed E-state index contributed by atoms with van der Waals surface area (Å²) in [4.78, 5) is 55.3. The van der Waals surface area contributed by atoms with Crippen LogP contribution in [0.2, 0.25) is 5.15 Å². The number of benzene rings is 3. The number of hydrogen-bond donors (Lipinski definition) is 9. The van der Waals surface area contributed by atoms with Gasteiger partial charge in [-0.1, -0.05) is 111 Å². The van der Waals surface area contributed by atoms with E-state index in [2.05, 4.69) is 27.5 Å². The second-order valence-electron chi connectivity index (χ2n) is 18.5. The van der Waals surface area contributed by atoms with Crippen LogP contribution in [0, 0.1) is 18.8 Å². The molecule has 18 nitrogen and oxygen atoms in total. The molecule has 0 saturated carbocycles. The highest BCUT2D eigenvalue weighted by atomic mass is 35.5. The van der Waals surface area contributed by atoms with Crippen molar-refractivity contribution >= 4 is 41.3 Å². The first-order chi connectivity index (χ1) is 33.7. The molecule has 0 bridgehead atoms. The number of anilines is 2. The third-order valence-corrected chi connectivity index (χ3v) is 13.6. The summed E-state index contributed by atoms with van der Waals surface area (Å²) in [7, 11) is 0. The number of ether oxygens (including phenoxy) is 1. The molecule has 19 heteroatoms. The van der Waals surface area contributed by atoms with Crippen LogP contribution in [0.4, 0.5) is 21.2 Å². The Hall–Kier alpha value is -5.60. The molecule has 380 valence electrons. The number of nitrogens with two attached hydrogens (primary N) is 2. The molecule has 3 aromatic carbocycles. The Labute approximate surface area is 415 Å². The van der Waals surface area contributed by atoms with Gasteiger partial charge >= 0.3 is 12.1 Å². The fourth-order valence-electron chi connectivity index (χ4n) is 9.28. The highest BCUT2D eigenvalue weighted by Gasteiger charge is 2.35. The standard InChI is InChI=1S/C51H70ClN9O9/c1-3-4-5-12-22-59(30-40(63)43(65)44(66)41(64)31-62)25-21-55-50(68)60-23-19-33(20-24-60)28-61(51(69)70-45-38-17-10-8-15-36(38)37-16-9-11-18-39(37)45)29-34(26-35-14-7-6-13-32(35)2)27-56-49(67)42-47(53)58-48(54)46(52)57-42/h6-11,13-18,33-34,40-41,43-45,62-66H,3-5,12,19-31H2,1-2H3,(H,55,68)(H,56,67)(H4,53,54,58)/t34-,40-,41+,43+,44+/m0/s1. The molecule has 70 heavy (non-hydrogen) atoms. The number of likely N-dealkylation sites (tertiary alicyclic amines) is 1. The van der Waals surface area contributed by atoms with Crippen LogP contribution in [-0.4, -0.2) is 158 Å². The molecular weight excluding hydrogens is 918 g/mol. The van der Waals surface area contributed by atoms with Gasteiger partial charge in [-0.2, -0.15) is 0 Å². The van der Waals surface area contributed by atoms with E-state index in [1.165, 1.54) is 0 Å². The molecule has 0 unspecified atom stereocenters. The summed E-state index contributed by atoms with van der Waals surface area (Å²) in [5.74, 6) is -1.15. The number of aliphatic hydroxyl groups excluding tert-OH is 5. The Morgan fingerprint density at radius 2 is 1.47 bits per heavy atom. The third-order valence-electron chi connectivity index (χ3n) is 13.4. The first-order valence-corrected chi connectivity index (χ1v) is 24.7. The Morgan fingerprint density at radius 3 is 2.13 bits per heavy atom. The van der Waals surface area contributed by atoms with E-state index in [-0.39, 0.29) is 66.5 Å². The number of nitrogens with zero attached hydrogens (tertiary/aromatic N) is 5. The summed E-state index contributed by atoms with van der Waals surface area (Å²) in [5, 5.41) is 56.2. The normalized spacial score (nSPS) is 15.9. The lowest BCUT2D eigenvalue weighted by atomic mass is 9.93. The number of aromatic nitrogens is 2. The summed E-state index contributed by atoms with van der Waals surface area (Å²) >= 11 is 6.12. The van der Waals surface area contributed by atoms with E-state index in [1.54, 1.807) is 9.80 Å². The van der Waals surface area contributed by atoms with E-state index < -0.39 is 49.1 Å². The van der Waals surface area contributed by atoms with E-state index in [1.807, 2.05) is 84.6 Å². The molecule has 11 N–H and O–H groups in total. The SMILES string of the molecule is CCCCCCN(CCNC(=O)N1CCC(CN(C[C@H](CNC(=O)c2nc(Cl)c(N)nc2N)Cc2ccccc2C)C(=O)OC2c3ccccc3-c3ccccc32)CC1)C[C@H](O)[C@@H](O)[C@H](O)[C@H](O)CO. The summed E-state index contributed by atoms with van der Waals surface area (Å²) < 4.78 is 6.50. The first-order valence-electron chi connectivity index (χ1n) is 24.3. The van der Waals surface area contributed by atoms with Gasteiger partial charge in [0.05, 0.1) is 12.7 Å². The number of fused-ring (bicyclic) bond motifs is 3. The molecular formula is C51H70ClN9O9. The van der Waals surface area contributed by atoms with Gasteiger partial charge in [0.15, 0.2) is 28.6 Å². The van der Waals surface area contributed by atoms with E-state index >= 15 is 0 Å². The number of rotatable bonds is 24. The van der Waals surface area contributed by atoms with Crippen molar-refractivity contribution in [3.8, 4) is 11.1 Å². The maximum atomic E-state index is 14.8. The summed E-state index contributed by atoms with van der Waals surface area (Å²) in [5.41, 5.74) is 17.6. The molecule has 2 heterocycles. The molecule has 0 radical (unpaired) electrons. The number of hydrogen-bond acceptors (Lipinski definition) is 14. The molecule has 4 amide bonds. The van der Waals surface area contributed by atoms with Crippen LogP contribution >= 0.6 is 11.6 Å². The average molecular weight is 989 g/mol. The lowest BCUT2D eigenvalue weighted by Crippen LogP contribution is -2.51. The monoisotopic (exact) mass is 987 g/mol. The predicted octanol–water partition coefficient (Wildman–Crippen LogP) is 4.14. The fourth-order valence-corrected chi connectivity index (χ4v) is 9.41. The van der Waals surface area contributed by atoms with E-state index in [9.17, 15) is 39.9 Å². The zero-order valence-corrected chi connectivity index (χ0v) is 40.9. The van der Waals surface area contributed by atoms with Gasteiger partial charge < -0.3 is 62.2 Å². The van der Waals surface area contributed by atoms with Crippen molar-refractivity contribution in [2.24, 2.45) is 11.8 Å². The zero-order valence-electron chi connectivity index (χ0n) is 40.1. The van der Waals surface area contributed by atoms with Crippen molar-refractivity contribution < 1.29 is 44.7 Å². The van der Waals surface area contributed by atoms with E-state index in [0.717, 1.165) is 59.1 Å². The minimum Gasteiger partial charge on any atom is -0.436 e. The molecule has 1 saturated heterocycles. The second-order valence-corrected chi connectivity index (χ2v) is 18.9. The van der Waals surface area contributed by atoms with Crippen LogP contribution in [-0.2, 0) is 11.2 Å². The van der Waals surface area contributed by atoms with Gasteiger partial charge in [0.1, 0.15) is 18.3 Å². The average Bonchev–Trinajstić information content (AvgIpc) is 3.67. The third kappa shape index (κ3) is 14.3. The summed E-state index contributed by atoms with van der Waals surface area (Å²) in [6, 6.07) is 23.5. The number of amides is 4. The van der Waals surface area contributed by atoms with Gasteiger partial charge in [0, 0.05) is 63.5 Å². The number of nitrogen functional groups attached to an aromatic ring is 2. The lowest BCUT2D eigenvalue weighted by Gasteiger charge is -2.36. The van der Waals surface area contributed by atoms with Crippen LogP contribution < -0.4 is 22.1 Å². The number of aryl methyl sites for hydroxylation is 1. The number of unbranched alkanes of at least 4 members (excludes halogenated alkanes) is 3. The summed E-state index contributed by atoms with van der Waals surface area (Å²) in [6.45, 7) is 6.12. The number of aliphatic hydroxyl groups is 5. The molecule has 0 spiro atoms. The highest BCUT2D eigenvalue weighted by molar-refractivity contribution is 6.31. The maximum Gasteiger partial charge on any atom is 0.410 e. The van der Waals surface area contributed by atoms with Crippen LogP contribution in [0.25, 0.3) is 11.1 Å². The van der Waals surface area contributed by atoms with Crippen molar-refractivity contribution in [3.05, 3.63) is 106 Å². The molecule has 1 aliphatic heterocycles. The predicted molar refractivity (Wildman–Crippen MR) is 268 cm³/mol. The van der Waals surface area contributed by atoms with E-state index in [0.29, 0.717) is 52.0 Å². The molecule has 1 aromatic heterocycles. The number of carbonyl (C=O) groups excluding carboxylic acids is 3. The van der Waals surface area contributed by atoms with E-state index in [4.69, 9.17) is 27.8 Å². The molecule has 4 aromatic rings. The molecule has 5 atom stereocenters. The molecule has 1 aliphatic carbocycles. The Balaban J connectivity index is 1.14. The van der Waals surface area contributed by atoms with Crippen molar-refractivity contribution in [1.82, 2.24) is 35.3 Å². The number of carbonyl (C=O) groups is 3. The smallest absolute Gasteiger partial charge is 0.410 e. The van der Waals surface area contributed by atoms with Crippen molar-refractivity contribution in [2.75, 3.05) is 77.0 Å². The topological polar surface area (TPSA) is 273 Å². The zero-order chi connectivity index (χ0) is 50.3. The lowest BCUT2D eigenvalue weighted by molar-refractivity contribution is -0.119. The van der Waals surface area contributed by atoms with Crippen LogP contribution in [0.3, 0.4) is 0 Å². The van der Waals surface area contributed by atoms with Gasteiger partial charge in [0.25, 0.3) is 5.91 Å². The number of halogens is 1. The maximum absolute atomic E-state index is 14.8. The number of urea groups is 1. The van der Waals surface area contributed by atoms with Gasteiger partial charge in [-0.15, -0.1) is 0 Å². The van der Waals surface area contributed by atoms with Crippen LogP contribution in [0.5, 0.6) is 0 Å². The van der Waals surface area contributed by atoms with Gasteiger partial charge in [-0.25, -0.2) is 19.6 Å². The minimum absolute atomic E-state index is 0.00618. The fraction of sp³-hybridized carbons (Fsp3) is 0.510. The largest absolute Gasteiger partial charge is 0.436 e. The van der Waals surface area contributed by atoms with Crippen LogP contribution in [0.15, 0.2) is 72.8 Å². The van der Waals surface area contributed by atoms with Gasteiger partial charge in [-0.05, 0) is 73.2 Å². The number of nitrogens with one attached hydrogen (secondary N) is 2. The minimum atomic E-state index is -1.73. The highest BCUT2D eigenvalue weighted by Crippen LogP contribution is 2.45. The molecule has 1 fully saturated rings.